The van der Waals surface area contributed by atoms with Crippen LogP contribution in [0, 0.1) is 0 Å². The number of ether oxygens (including phenoxy) is 1. The molecule has 13 heteroatoms. The van der Waals surface area contributed by atoms with E-state index in [1.54, 1.807) is 73.4 Å². The molecule has 0 atom stereocenters. The first-order valence-electron chi connectivity index (χ1n) is 18.7. The number of hydrogen-bond acceptors (Lipinski definition) is 11. The number of carbonyl (C=O) groups is 1. The van der Waals surface area contributed by atoms with Crippen LogP contribution in [0.2, 0.25) is 0 Å². The minimum Gasteiger partial charge on any atom is -0.472 e. The summed E-state index contributed by atoms with van der Waals surface area (Å²) in [6, 6.07) is 30.6. The van der Waals surface area contributed by atoms with Crippen LogP contribution in [-0.2, 0) is 11.3 Å². The lowest BCUT2D eigenvalue weighted by Crippen LogP contribution is -2.04. The lowest BCUT2D eigenvalue weighted by molar-refractivity contribution is 0.0526. The lowest BCUT2D eigenvalue weighted by atomic mass is 10.1. The monoisotopic (exact) mass is 778 g/mol. The van der Waals surface area contributed by atoms with Crippen LogP contribution in [0.4, 0.5) is 0 Å². The molecule has 0 fully saturated rings. The summed E-state index contributed by atoms with van der Waals surface area (Å²) in [5.74, 6) is -0.340. The average Bonchev–Trinajstić information content (AvgIpc) is 4.15. The molecule has 0 unspecified atom stereocenters. The van der Waals surface area contributed by atoms with Gasteiger partial charge in [-0.1, -0.05) is 30.3 Å². The Morgan fingerprint density at radius 3 is 1.68 bits per heavy atom. The highest BCUT2D eigenvalue weighted by atomic mass is 16.5. The molecule has 288 valence electrons. The van der Waals surface area contributed by atoms with E-state index in [0.717, 1.165) is 78.5 Å². The van der Waals surface area contributed by atoms with Gasteiger partial charge in [0.15, 0.2) is 11.3 Å². The van der Waals surface area contributed by atoms with Crippen LogP contribution in [0.15, 0.2) is 168 Å². The molecular formula is C46H34N8O5. The van der Waals surface area contributed by atoms with Crippen LogP contribution in [0.5, 0.6) is 0 Å². The summed E-state index contributed by atoms with van der Waals surface area (Å²) in [4.78, 5) is 29.9. The van der Waals surface area contributed by atoms with Gasteiger partial charge in [0.25, 0.3) is 0 Å². The van der Waals surface area contributed by atoms with Crippen molar-refractivity contribution < 1.29 is 23.5 Å². The van der Waals surface area contributed by atoms with Gasteiger partial charge in [0.05, 0.1) is 91.4 Å². The van der Waals surface area contributed by atoms with Gasteiger partial charge in [0.1, 0.15) is 0 Å². The Bertz CT molecular complexity index is 3040. The Hall–Kier alpha value is -8.03. The number of rotatable bonds is 9. The maximum atomic E-state index is 12.0. The molecule has 2 aromatic carbocycles. The number of pyridine rings is 2. The highest BCUT2D eigenvalue weighted by molar-refractivity contribution is 5.91. The second kappa shape index (κ2) is 16.2. The van der Waals surface area contributed by atoms with E-state index in [-0.39, 0.29) is 12.6 Å². The molecule has 1 N–H and O–H groups in total. The molecule has 0 saturated carbocycles. The molecule has 0 saturated heterocycles. The maximum absolute atomic E-state index is 12.0. The van der Waals surface area contributed by atoms with Crippen LogP contribution in [0.3, 0.4) is 0 Å². The predicted molar refractivity (Wildman–Crippen MR) is 221 cm³/mol. The van der Waals surface area contributed by atoms with E-state index in [1.807, 2.05) is 102 Å². The van der Waals surface area contributed by atoms with Crippen molar-refractivity contribution in [1.29, 1.82) is 0 Å². The molecule has 0 aliphatic carbocycles. The highest BCUT2D eigenvalue weighted by Gasteiger charge is 2.14. The molecule has 8 aromatic heterocycles. The largest absolute Gasteiger partial charge is 0.472 e. The fourth-order valence-electron chi connectivity index (χ4n) is 6.67. The quantitative estimate of drug-likeness (QED) is 0.139. The van der Waals surface area contributed by atoms with Gasteiger partial charge in [0.2, 0.25) is 0 Å². The van der Waals surface area contributed by atoms with Crippen LogP contribution in [-0.4, -0.2) is 56.8 Å². The summed E-state index contributed by atoms with van der Waals surface area (Å²) in [5.41, 5.74) is 13.7. The Labute approximate surface area is 336 Å². The number of aromatic nitrogens is 8. The van der Waals surface area contributed by atoms with E-state index < -0.39 is 0 Å². The van der Waals surface area contributed by atoms with Gasteiger partial charge >= 0.3 is 5.97 Å². The molecule has 10 rings (SSSR count). The third-order valence-electron chi connectivity index (χ3n) is 9.62. The number of esters is 1. The smallest absolute Gasteiger partial charge is 0.338 e. The maximum Gasteiger partial charge on any atom is 0.338 e. The fourth-order valence-corrected chi connectivity index (χ4v) is 6.67. The molecule has 0 aliphatic heterocycles. The Kier molecular flexibility index (Phi) is 10.1. The van der Waals surface area contributed by atoms with Crippen molar-refractivity contribution in [2.24, 2.45) is 0 Å². The third kappa shape index (κ3) is 7.60. The molecule has 10 aromatic rings. The Morgan fingerprint density at radius 2 is 1.15 bits per heavy atom. The number of fused-ring (bicyclic) bond motifs is 2. The number of aliphatic hydroxyl groups is 1. The topological polar surface area (TPSA) is 159 Å². The summed E-state index contributed by atoms with van der Waals surface area (Å²) >= 11 is 0. The standard InChI is InChI=1S/C24H18N4O3.C22H16N4O2/c1-2-31-24(29)18-5-3-4-16(10-18)20-12-23-26-14-22(28(23)27-13-20)17-6-8-25-21(11-17)19-7-9-30-15-19;27-13-15-2-1-3-16(8-15)19-10-22-24-12-21(26(22)25-11-19)17-4-6-23-20(9-17)18-5-7-28-14-18/h3-15H,2H2,1H3;1-12,14,27H,13H2. The molecule has 0 bridgehead atoms. The number of nitrogens with zero attached hydrogens (tertiary/aromatic N) is 8. The first-order valence-corrected chi connectivity index (χ1v) is 18.7. The van der Waals surface area contributed by atoms with Gasteiger partial charge in [-0.2, -0.15) is 10.2 Å². The minimum absolute atomic E-state index is 0.0120. The molecule has 8 heterocycles. The van der Waals surface area contributed by atoms with Crippen molar-refractivity contribution in [1.82, 2.24) is 39.2 Å². The van der Waals surface area contributed by atoms with Gasteiger partial charge in [0, 0.05) is 45.8 Å². The van der Waals surface area contributed by atoms with E-state index in [9.17, 15) is 9.90 Å². The molecule has 59 heavy (non-hydrogen) atoms. The van der Waals surface area contributed by atoms with Gasteiger partial charge in [-0.05, 0) is 90.3 Å². The SMILES string of the molecule is CCOC(=O)c1cccc(-c2cnn3c(-c4ccnc(-c5ccoc5)c4)cnc3c2)c1.OCc1cccc(-c2cnn3c(-c4ccnc(-c5ccoc5)c4)cnc3c2)c1. The Balaban J connectivity index is 0.000000153. The average molecular weight is 779 g/mol. The van der Waals surface area contributed by atoms with E-state index in [2.05, 4.69) is 30.1 Å². The van der Waals surface area contributed by atoms with Crippen molar-refractivity contribution in [3.05, 3.63) is 170 Å². The summed E-state index contributed by atoms with van der Waals surface area (Å²) < 4.78 is 19.0. The van der Waals surface area contributed by atoms with E-state index in [1.165, 1.54) is 0 Å². The second-order valence-corrected chi connectivity index (χ2v) is 13.4. The third-order valence-corrected chi connectivity index (χ3v) is 9.62. The van der Waals surface area contributed by atoms with Crippen molar-refractivity contribution in [2.45, 2.75) is 13.5 Å². The normalized spacial score (nSPS) is 11.1. The highest BCUT2D eigenvalue weighted by Crippen LogP contribution is 2.29. The predicted octanol–water partition coefficient (Wildman–Crippen LogP) is 9.11. The van der Waals surface area contributed by atoms with Crippen molar-refractivity contribution in [3.8, 4) is 67.3 Å². The van der Waals surface area contributed by atoms with Crippen LogP contribution in [0.25, 0.3) is 78.6 Å². The number of benzene rings is 2. The van der Waals surface area contributed by atoms with E-state index in [0.29, 0.717) is 17.8 Å². The zero-order valence-electron chi connectivity index (χ0n) is 31.6. The fraction of sp³-hybridized carbons (Fsp3) is 0.0652. The summed E-state index contributed by atoms with van der Waals surface area (Å²) in [6.07, 6.45) is 17.3. The van der Waals surface area contributed by atoms with Gasteiger partial charge in [-0.15, -0.1) is 0 Å². The van der Waals surface area contributed by atoms with Crippen molar-refractivity contribution in [3.63, 3.8) is 0 Å². The lowest BCUT2D eigenvalue weighted by Gasteiger charge is -2.07. The van der Waals surface area contributed by atoms with Crippen LogP contribution < -0.4 is 0 Å². The number of furan rings is 2. The van der Waals surface area contributed by atoms with Crippen LogP contribution in [0.1, 0.15) is 22.8 Å². The number of aliphatic hydroxyl groups excluding tert-OH is 1. The molecule has 0 radical (unpaired) electrons. The molecule has 0 aliphatic rings. The molecule has 0 spiro atoms. The zero-order chi connectivity index (χ0) is 40.1. The van der Waals surface area contributed by atoms with Gasteiger partial charge in [-0.25, -0.2) is 23.8 Å². The summed E-state index contributed by atoms with van der Waals surface area (Å²) in [6.45, 7) is 2.14. The number of carbonyl (C=O) groups excluding carboxylic acids is 1. The van der Waals surface area contributed by atoms with Gasteiger partial charge in [-0.3, -0.25) is 9.97 Å². The van der Waals surface area contributed by atoms with E-state index >= 15 is 0 Å². The molecule has 13 nitrogen and oxygen atoms in total. The first kappa shape index (κ1) is 36.6. The van der Waals surface area contributed by atoms with E-state index in [4.69, 9.17) is 13.6 Å². The molecule has 0 amide bonds. The second-order valence-electron chi connectivity index (χ2n) is 13.4. The number of imidazole rings is 2. The van der Waals surface area contributed by atoms with Gasteiger partial charge < -0.3 is 18.7 Å². The van der Waals surface area contributed by atoms with Crippen molar-refractivity contribution >= 4 is 17.3 Å². The van der Waals surface area contributed by atoms with Crippen LogP contribution >= 0.6 is 0 Å². The zero-order valence-corrected chi connectivity index (χ0v) is 31.6. The first-order chi connectivity index (χ1) is 29.0. The number of hydrogen-bond donors (Lipinski definition) is 1. The summed E-state index contributed by atoms with van der Waals surface area (Å²) in [5, 5.41) is 18.5. The van der Waals surface area contributed by atoms with Crippen molar-refractivity contribution in [2.75, 3.05) is 6.61 Å². The molecular weight excluding hydrogens is 745 g/mol. The Morgan fingerprint density at radius 1 is 0.593 bits per heavy atom. The summed E-state index contributed by atoms with van der Waals surface area (Å²) in [7, 11) is 0. The minimum atomic E-state index is -0.340.